The normalized spacial score (nSPS) is 16.3. The number of carbonyl (C=O) groups excluding carboxylic acids is 2. The molecule has 6 nitrogen and oxygen atoms in total. The van der Waals surface area contributed by atoms with Crippen molar-refractivity contribution in [3.63, 3.8) is 0 Å². The molecule has 1 heterocycles. The highest BCUT2D eigenvalue weighted by Gasteiger charge is 2.29. The van der Waals surface area contributed by atoms with E-state index in [2.05, 4.69) is 5.32 Å². The molecule has 1 aliphatic rings. The highest BCUT2D eigenvalue weighted by Crippen LogP contribution is 2.18. The van der Waals surface area contributed by atoms with Gasteiger partial charge in [-0.25, -0.2) is 0 Å². The van der Waals surface area contributed by atoms with Gasteiger partial charge in [-0.3, -0.25) is 9.59 Å². The van der Waals surface area contributed by atoms with Gasteiger partial charge in [0, 0.05) is 38.8 Å². The standard InChI is InChI=1S/C20H31N3O3/c1-2-26-14-6-11-22-19(24)17-9-12-23(13-10-17)20(25)18(21)15-16-7-4-3-5-8-16/h3-5,7-8,17-18H,2,6,9-15,21H2,1H3,(H,22,24)/t18-/m0/s1. The lowest BCUT2D eigenvalue weighted by atomic mass is 9.95. The van der Waals surface area contributed by atoms with Crippen LogP contribution in [-0.2, 0) is 20.7 Å². The van der Waals surface area contributed by atoms with E-state index in [0.29, 0.717) is 52.1 Å². The van der Waals surface area contributed by atoms with Crippen molar-refractivity contribution < 1.29 is 14.3 Å². The maximum absolute atomic E-state index is 12.5. The van der Waals surface area contributed by atoms with Crippen LogP contribution in [0.1, 0.15) is 31.7 Å². The number of likely N-dealkylation sites (tertiary alicyclic amines) is 1. The van der Waals surface area contributed by atoms with Crippen molar-refractivity contribution in [2.45, 2.75) is 38.6 Å². The van der Waals surface area contributed by atoms with Crippen LogP contribution in [0.4, 0.5) is 0 Å². The fraction of sp³-hybridized carbons (Fsp3) is 0.600. The van der Waals surface area contributed by atoms with Crippen molar-refractivity contribution in [1.29, 1.82) is 0 Å². The van der Waals surface area contributed by atoms with Crippen LogP contribution in [0.3, 0.4) is 0 Å². The SMILES string of the molecule is CCOCCCNC(=O)C1CCN(C(=O)[C@@H](N)Cc2ccccc2)CC1. The van der Waals surface area contributed by atoms with E-state index in [1.54, 1.807) is 4.90 Å². The van der Waals surface area contributed by atoms with E-state index in [1.165, 1.54) is 0 Å². The van der Waals surface area contributed by atoms with Crippen molar-refractivity contribution in [3.05, 3.63) is 35.9 Å². The van der Waals surface area contributed by atoms with Gasteiger partial charge < -0.3 is 20.7 Å². The van der Waals surface area contributed by atoms with Crippen LogP contribution in [0.25, 0.3) is 0 Å². The van der Waals surface area contributed by atoms with Crippen molar-refractivity contribution in [3.8, 4) is 0 Å². The summed E-state index contributed by atoms with van der Waals surface area (Å²) in [7, 11) is 0. The van der Waals surface area contributed by atoms with E-state index >= 15 is 0 Å². The van der Waals surface area contributed by atoms with Crippen LogP contribution in [0.2, 0.25) is 0 Å². The van der Waals surface area contributed by atoms with Gasteiger partial charge in [-0.15, -0.1) is 0 Å². The lowest BCUT2D eigenvalue weighted by Gasteiger charge is -2.33. The topological polar surface area (TPSA) is 84.7 Å². The number of hydrogen-bond acceptors (Lipinski definition) is 4. The molecule has 0 aromatic heterocycles. The smallest absolute Gasteiger partial charge is 0.239 e. The summed E-state index contributed by atoms with van der Waals surface area (Å²) in [6.45, 7) is 5.16. The second kappa shape index (κ2) is 10.9. The van der Waals surface area contributed by atoms with Crippen LogP contribution in [0, 0.1) is 5.92 Å². The molecule has 0 saturated carbocycles. The van der Waals surface area contributed by atoms with Crippen LogP contribution in [0.5, 0.6) is 0 Å². The number of amides is 2. The Bertz CT molecular complexity index is 557. The molecule has 1 fully saturated rings. The van der Waals surface area contributed by atoms with Crippen molar-refractivity contribution in [1.82, 2.24) is 10.2 Å². The molecule has 144 valence electrons. The van der Waals surface area contributed by atoms with E-state index < -0.39 is 6.04 Å². The number of rotatable bonds is 9. The zero-order valence-corrected chi connectivity index (χ0v) is 15.7. The maximum atomic E-state index is 12.5. The third-order valence-corrected chi connectivity index (χ3v) is 4.76. The number of ether oxygens (including phenoxy) is 1. The molecule has 1 aromatic rings. The Kier molecular flexibility index (Phi) is 8.58. The summed E-state index contributed by atoms with van der Waals surface area (Å²) in [5.41, 5.74) is 7.16. The second-order valence-corrected chi connectivity index (χ2v) is 6.74. The average molecular weight is 361 g/mol. The molecule has 0 bridgehead atoms. The summed E-state index contributed by atoms with van der Waals surface area (Å²) in [6.07, 6.45) is 2.76. The van der Waals surface area contributed by atoms with Crippen molar-refractivity contribution in [2.75, 3.05) is 32.8 Å². The van der Waals surface area contributed by atoms with Gasteiger partial charge in [0.25, 0.3) is 0 Å². The molecule has 2 rings (SSSR count). The second-order valence-electron chi connectivity index (χ2n) is 6.74. The predicted octanol–water partition coefficient (Wildman–Crippen LogP) is 1.34. The molecular weight excluding hydrogens is 330 g/mol. The molecule has 1 aromatic carbocycles. The van der Waals surface area contributed by atoms with Crippen LogP contribution < -0.4 is 11.1 Å². The first kappa shape index (κ1) is 20.4. The van der Waals surface area contributed by atoms with Gasteiger partial charge >= 0.3 is 0 Å². The summed E-state index contributed by atoms with van der Waals surface area (Å²) in [4.78, 5) is 26.5. The Hall–Kier alpha value is -1.92. The van der Waals surface area contributed by atoms with Gasteiger partial charge in [0.05, 0.1) is 6.04 Å². The number of nitrogens with one attached hydrogen (secondary N) is 1. The van der Waals surface area contributed by atoms with Crippen LogP contribution in [-0.4, -0.2) is 55.6 Å². The van der Waals surface area contributed by atoms with Crippen molar-refractivity contribution in [2.24, 2.45) is 11.7 Å². The first-order valence-electron chi connectivity index (χ1n) is 9.55. The summed E-state index contributed by atoms with van der Waals surface area (Å²) >= 11 is 0. The summed E-state index contributed by atoms with van der Waals surface area (Å²) in [5.74, 6) is 0.0445. The predicted molar refractivity (Wildman–Crippen MR) is 102 cm³/mol. The monoisotopic (exact) mass is 361 g/mol. The van der Waals surface area contributed by atoms with Gasteiger partial charge in [-0.2, -0.15) is 0 Å². The fourth-order valence-electron chi connectivity index (χ4n) is 3.23. The van der Waals surface area contributed by atoms with E-state index in [9.17, 15) is 9.59 Å². The Morgan fingerprint density at radius 2 is 1.96 bits per heavy atom. The average Bonchev–Trinajstić information content (AvgIpc) is 2.68. The van der Waals surface area contributed by atoms with Gasteiger partial charge in [0.2, 0.25) is 11.8 Å². The molecule has 1 saturated heterocycles. The van der Waals surface area contributed by atoms with Gasteiger partial charge in [0.1, 0.15) is 0 Å². The summed E-state index contributed by atoms with van der Waals surface area (Å²) in [6, 6.07) is 9.28. The highest BCUT2D eigenvalue weighted by atomic mass is 16.5. The minimum atomic E-state index is -0.527. The minimum absolute atomic E-state index is 0.0171. The number of piperidine rings is 1. The Balaban J connectivity index is 1.70. The van der Waals surface area contributed by atoms with Gasteiger partial charge in [0.15, 0.2) is 0 Å². The van der Waals surface area contributed by atoms with E-state index in [1.807, 2.05) is 37.3 Å². The molecule has 26 heavy (non-hydrogen) atoms. The Morgan fingerprint density at radius 3 is 2.62 bits per heavy atom. The number of hydrogen-bond donors (Lipinski definition) is 2. The Labute approximate surface area is 156 Å². The maximum Gasteiger partial charge on any atom is 0.239 e. The first-order valence-corrected chi connectivity index (χ1v) is 9.55. The highest BCUT2D eigenvalue weighted by molar-refractivity contribution is 5.83. The first-order chi connectivity index (χ1) is 12.6. The van der Waals surface area contributed by atoms with Crippen molar-refractivity contribution >= 4 is 11.8 Å². The molecule has 6 heteroatoms. The van der Waals surface area contributed by atoms with Crippen LogP contribution >= 0.6 is 0 Å². The molecule has 1 atom stereocenters. The molecule has 2 amide bonds. The number of benzene rings is 1. The van der Waals surface area contributed by atoms with E-state index in [0.717, 1.165) is 12.0 Å². The fourth-order valence-corrected chi connectivity index (χ4v) is 3.23. The number of nitrogens with zero attached hydrogens (tertiary/aromatic N) is 1. The molecule has 0 unspecified atom stereocenters. The largest absolute Gasteiger partial charge is 0.382 e. The van der Waals surface area contributed by atoms with E-state index in [4.69, 9.17) is 10.5 Å². The minimum Gasteiger partial charge on any atom is -0.382 e. The summed E-state index contributed by atoms with van der Waals surface area (Å²) in [5, 5.41) is 2.96. The zero-order chi connectivity index (χ0) is 18.8. The molecule has 1 aliphatic heterocycles. The Morgan fingerprint density at radius 1 is 1.27 bits per heavy atom. The molecule has 0 aliphatic carbocycles. The third kappa shape index (κ3) is 6.42. The molecule has 0 radical (unpaired) electrons. The molecular formula is C20H31N3O3. The number of carbonyl (C=O) groups is 2. The van der Waals surface area contributed by atoms with E-state index in [-0.39, 0.29) is 17.7 Å². The molecule has 0 spiro atoms. The van der Waals surface area contributed by atoms with Gasteiger partial charge in [-0.1, -0.05) is 30.3 Å². The quantitative estimate of drug-likeness (QED) is 0.650. The zero-order valence-electron chi connectivity index (χ0n) is 15.7. The molecule has 3 N–H and O–H groups in total. The lowest BCUT2D eigenvalue weighted by Crippen LogP contribution is -2.49. The number of nitrogens with two attached hydrogens (primary N) is 1. The lowest BCUT2D eigenvalue weighted by molar-refractivity contribution is -0.136. The summed E-state index contributed by atoms with van der Waals surface area (Å²) < 4.78 is 5.26. The van der Waals surface area contributed by atoms with Crippen LogP contribution in [0.15, 0.2) is 30.3 Å². The van der Waals surface area contributed by atoms with Gasteiger partial charge in [-0.05, 0) is 38.2 Å². The third-order valence-electron chi connectivity index (χ3n) is 4.76.